The molecule has 2 aliphatic rings. The van der Waals surface area contributed by atoms with Crippen molar-refractivity contribution in [2.45, 2.75) is 31.6 Å². The summed E-state index contributed by atoms with van der Waals surface area (Å²) in [7, 11) is 0. The SMILES string of the molecule is O=C(CCc1ccc2c(c1)OCCO2)Nc1ncc(C2CCNCC2)s1. The first-order valence-electron chi connectivity index (χ1n) is 9.13. The van der Waals surface area contributed by atoms with Crippen LogP contribution in [0.2, 0.25) is 0 Å². The van der Waals surface area contributed by atoms with Crippen molar-refractivity contribution in [3.63, 3.8) is 0 Å². The summed E-state index contributed by atoms with van der Waals surface area (Å²) in [6, 6.07) is 5.85. The standard InChI is InChI=1S/C19H23N3O3S/c23-18(4-2-13-1-3-15-16(11-13)25-10-9-24-15)22-19-21-12-17(26-19)14-5-7-20-8-6-14/h1,3,11-12,14,20H,2,4-10H2,(H,21,22,23). The molecule has 26 heavy (non-hydrogen) atoms. The third kappa shape index (κ3) is 4.16. The summed E-state index contributed by atoms with van der Waals surface area (Å²) in [5, 5.41) is 7.00. The first kappa shape index (κ1) is 17.3. The Hall–Kier alpha value is -2.12. The maximum Gasteiger partial charge on any atom is 0.226 e. The molecule has 0 spiro atoms. The van der Waals surface area contributed by atoms with Gasteiger partial charge in [-0.15, -0.1) is 11.3 Å². The predicted octanol–water partition coefficient (Wildman–Crippen LogP) is 2.95. The van der Waals surface area contributed by atoms with Gasteiger partial charge in [0.15, 0.2) is 16.6 Å². The monoisotopic (exact) mass is 373 g/mol. The summed E-state index contributed by atoms with van der Waals surface area (Å²) in [5.74, 6) is 2.10. The lowest BCUT2D eigenvalue weighted by Crippen LogP contribution is -2.26. The molecule has 138 valence electrons. The molecule has 1 amide bonds. The smallest absolute Gasteiger partial charge is 0.226 e. The molecule has 4 rings (SSSR count). The van der Waals surface area contributed by atoms with Gasteiger partial charge in [-0.05, 0) is 56.0 Å². The zero-order valence-corrected chi connectivity index (χ0v) is 15.4. The van der Waals surface area contributed by atoms with Crippen molar-refractivity contribution in [1.82, 2.24) is 10.3 Å². The van der Waals surface area contributed by atoms with Gasteiger partial charge in [0.25, 0.3) is 0 Å². The molecule has 3 heterocycles. The molecule has 0 radical (unpaired) electrons. The van der Waals surface area contributed by atoms with Crippen LogP contribution in [0.1, 0.15) is 35.6 Å². The number of hydrogen-bond donors (Lipinski definition) is 2. The van der Waals surface area contributed by atoms with E-state index >= 15 is 0 Å². The molecule has 1 aromatic heterocycles. The van der Waals surface area contributed by atoms with Crippen molar-refractivity contribution in [2.75, 3.05) is 31.6 Å². The number of nitrogens with one attached hydrogen (secondary N) is 2. The summed E-state index contributed by atoms with van der Waals surface area (Å²) >= 11 is 1.60. The van der Waals surface area contributed by atoms with E-state index in [4.69, 9.17) is 9.47 Å². The van der Waals surface area contributed by atoms with Gasteiger partial charge in [-0.3, -0.25) is 4.79 Å². The summed E-state index contributed by atoms with van der Waals surface area (Å²) in [6.07, 6.45) is 5.27. The Morgan fingerprint density at radius 1 is 1.23 bits per heavy atom. The zero-order valence-electron chi connectivity index (χ0n) is 14.6. The number of fused-ring (bicyclic) bond motifs is 1. The number of ether oxygens (including phenoxy) is 2. The lowest BCUT2D eigenvalue weighted by molar-refractivity contribution is -0.116. The van der Waals surface area contributed by atoms with Crippen molar-refractivity contribution in [3.05, 3.63) is 34.8 Å². The number of rotatable bonds is 5. The zero-order chi connectivity index (χ0) is 17.8. The summed E-state index contributed by atoms with van der Waals surface area (Å²) in [6.45, 7) is 3.27. The number of hydrogen-bond acceptors (Lipinski definition) is 6. The molecule has 7 heteroatoms. The number of amides is 1. The Labute approximate surface area is 156 Å². The number of thiazole rings is 1. The highest BCUT2D eigenvalue weighted by atomic mass is 32.1. The second-order valence-corrected chi connectivity index (χ2v) is 7.68. The van der Waals surface area contributed by atoms with Crippen LogP contribution in [0, 0.1) is 0 Å². The maximum atomic E-state index is 12.2. The Morgan fingerprint density at radius 2 is 2.04 bits per heavy atom. The van der Waals surface area contributed by atoms with Gasteiger partial charge in [-0.1, -0.05) is 6.07 Å². The van der Waals surface area contributed by atoms with Gasteiger partial charge in [0.05, 0.1) is 0 Å². The normalized spacial score (nSPS) is 17.1. The highest BCUT2D eigenvalue weighted by Crippen LogP contribution is 2.32. The van der Waals surface area contributed by atoms with Crippen LogP contribution < -0.4 is 20.1 Å². The molecule has 1 saturated heterocycles. The highest BCUT2D eigenvalue weighted by Gasteiger charge is 2.18. The van der Waals surface area contributed by atoms with E-state index in [1.165, 1.54) is 4.88 Å². The van der Waals surface area contributed by atoms with Crippen molar-refractivity contribution >= 4 is 22.4 Å². The first-order valence-corrected chi connectivity index (χ1v) is 9.94. The fraction of sp³-hybridized carbons (Fsp3) is 0.474. The van der Waals surface area contributed by atoms with Gasteiger partial charge in [-0.25, -0.2) is 4.98 Å². The quantitative estimate of drug-likeness (QED) is 0.843. The molecule has 2 aliphatic heterocycles. The van der Waals surface area contributed by atoms with E-state index in [1.54, 1.807) is 11.3 Å². The van der Waals surface area contributed by atoms with Gasteiger partial charge in [-0.2, -0.15) is 0 Å². The molecule has 0 bridgehead atoms. The van der Waals surface area contributed by atoms with E-state index in [-0.39, 0.29) is 5.91 Å². The Bertz CT molecular complexity index is 771. The van der Waals surface area contributed by atoms with Crippen molar-refractivity contribution in [1.29, 1.82) is 0 Å². The van der Waals surface area contributed by atoms with Gasteiger partial charge in [0, 0.05) is 17.5 Å². The second-order valence-electron chi connectivity index (χ2n) is 6.62. The van der Waals surface area contributed by atoms with Crippen LogP contribution in [0.5, 0.6) is 11.5 Å². The average Bonchev–Trinajstić information content (AvgIpc) is 3.15. The van der Waals surface area contributed by atoms with Crippen LogP contribution in [-0.4, -0.2) is 37.2 Å². The third-order valence-electron chi connectivity index (χ3n) is 4.76. The molecule has 0 aliphatic carbocycles. The number of anilines is 1. The molecule has 0 atom stereocenters. The number of benzene rings is 1. The number of aryl methyl sites for hydroxylation is 1. The van der Waals surface area contributed by atoms with Gasteiger partial charge >= 0.3 is 0 Å². The van der Waals surface area contributed by atoms with Crippen LogP contribution >= 0.6 is 11.3 Å². The summed E-state index contributed by atoms with van der Waals surface area (Å²) in [4.78, 5) is 17.9. The Balaban J connectivity index is 1.29. The number of carbonyl (C=O) groups excluding carboxylic acids is 1. The highest BCUT2D eigenvalue weighted by molar-refractivity contribution is 7.15. The summed E-state index contributed by atoms with van der Waals surface area (Å²) < 4.78 is 11.1. The minimum Gasteiger partial charge on any atom is -0.486 e. The van der Waals surface area contributed by atoms with E-state index in [9.17, 15) is 4.79 Å². The molecule has 1 fully saturated rings. The minimum absolute atomic E-state index is 0.00824. The van der Waals surface area contributed by atoms with E-state index in [0.29, 0.717) is 37.1 Å². The largest absolute Gasteiger partial charge is 0.486 e. The van der Waals surface area contributed by atoms with Crippen molar-refractivity contribution < 1.29 is 14.3 Å². The topological polar surface area (TPSA) is 72.5 Å². The van der Waals surface area contributed by atoms with Crippen LogP contribution in [-0.2, 0) is 11.2 Å². The first-order chi connectivity index (χ1) is 12.8. The number of nitrogens with zero attached hydrogens (tertiary/aromatic N) is 1. The van der Waals surface area contributed by atoms with Gasteiger partial charge < -0.3 is 20.1 Å². The lowest BCUT2D eigenvalue weighted by atomic mass is 9.97. The van der Waals surface area contributed by atoms with Crippen molar-refractivity contribution in [3.8, 4) is 11.5 Å². The van der Waals surface area contributed by atoms with Crippen molar-refractivity contribution in [2.24, 2.45) is 0 Å². The Morgan fingerprint density at radius 3 is 2.88 bits per heavy atom. The van der Waals surface area contributed by atoms with E-state index in [0.717, 1.165) is 43.0 Å². The number of piperidine rings is 1. The summed E-state index contributed by atoms with van der Waals surface area (Å²) in [5.41, 5.74) is 1.07. The molecule has 2 N–H and O–H groups in total. The molecular weight excluding hydrogens is 350 g/mol. The molecule has 1 aromatic carbocycles. The molecular formula is C19H23N3O3S. The number of aromatic nitrogens is 1. The predicted molar refractivity (Wildman–Crippen MR) is 101 cm³/mol. The van der Waals surface area contributed by atoms with E-state index in [2.05, 4.69) is 15.6 Å². The third-order valence-corrected chi connectivity index (χ3v) is 5.83. The Kier molecular flexibility index (Phi) is 5.36. The average molecular weight is 373 g/mol. The molecule has 0 unspecified atom stereocenters. The molecule has 2 aromatic rings. The number of carbonyl (C=O) groups is 1. The van der Waals surface area contributed by atoms with E-state index in [1.807, 2.05) is 24.4 Å². The molecule has 0 saturated carbocycles. The maximum absolute atomic E-state index is 12.2. The van der Waals surface area contributed by atoms with Crippen LogP contribution in [0.25, 0.3) is 0 Å². The fourth-order valence-corrected chi connectivity index (χ4v) is 4.32. The van der Waals surface area contributed by atoms with E-state index < -0.39 is 0 Å². The van der Waals surface area contributed by atoms with Crippen LogP contribution in [0.15, 0.2) is 24.4 Å². The second kappa shape index (κ2) is 8.05. The van der Waals surface area contributed by atoms with Gasteiger partial charge in [0.1, 0.15) is 13.2 Å². The van der Waals surface area contributed by atoms with Gasteiger partial charge in [0.2, 0.25) is 5.91 Å². The van der Waals surface area contributed by atoms with Crippen LogP contribution in [0.4, 0.5) is 5.13 Å². The lowest BCUT2D eigenvalue weighted by Gasteiger charge is -2.20. The fourth-order valence-electron chi connectivity index (χ4n) is 3.32. The molecule has 6 nitrogen and oxygen atoms in total. The van der Waals surface area contributed by atoms with Crippen LogP contribution in [0.3, 0.4) is 0 Å². The minimum atomic E-state index is -0.00824.